The molecule has 3 aromatic rings. The van der Waals surface area contributed by atoms with Crippen LogP contribution in [0.4, 0.5) is 26.2 Å². The third-order valence-electron chi connectivity index (χ3n) is 6.56. The van der Waals surface area contributed by atoms with E-state index in [9.17, 15) is 18.8 Å². The molecule has 3 N–H and O–H groups in total. The predicted octanol–water partition coefficient (Wildman–Crippen LogP) is 6.11. The van der Waals surface area contributed by atoms with Crippen LogP contribution >= 0.6 is 0 Å². The zero-order valence-corrected chi connectivity index (χ0v) is 23.6. The van der Waals surface area contributed by atoms with Crippen LogP contribution in [0, 0.1) is 11.7 Å². The molecule has 8 nitrogen and oxygen atoms in total. The van der Waals surface area contributed by atoms with E-state index in [0.717, 1.165) is 17.7 Å². The molecule has 1 heterocycles. The van der Waals surface area contributed by atoms with Crippen molar-refractivity contribution in [3.63, 3.8) is 0 Å². The Hall–Kier alpha value is -4.50. The van der Waals surface area contributed by atoms with Gasteiger partial charge in [-0.1, -0.05) is 36.4 Å². The van der Waals surface area contributed by atoms with Gasteiger partial charge in [-0.05, 0) is 81.4 Å². The minimum atomic E-state index is -0.647. The van der Waals surface area contributed by atoms with Crippen LogP contribution in [0.15, 0.2) is 78.9 Å². The maximum absolute atomic E-state index is 13.2. The molecule has 1 aliphatic heterocycles. The first-order valence-corrected chi connectivity index (χ1v) is 13.4. The summed E-state index contributed by atoms with van der Waals surface area (Å²) in [5.74, 6) is -1.08. The lowest BCUT2D eigenvalue weighted by atomic mass is 9.88. The number of para-hydroxylation sites is 2. The highest BCUT2D eigenvalue weighted by molar-refractivity contribution is 6.05. The molecule has 3 aromatic carbocycles. The number of amides is 3. The van der Waals surface area contributed by atoms with Crippen LogP contribution in [-0.4, -0.2) is 48.5 Å². The number of hydrogen-bond donors (Lipinski definition) is 3. The van der Waals surface area contributed by atoms with E-state index in [1.54, 1.807) is 63.2 Å². The molecule has 41 heavy (non-hydrogen) atoms. The second-order valence-electron chi connectivity index (χ2n) is 11.1. The number of nitrogens with one attached hydrogen (secondary N) is 3. The molecule has 0 aromatic heterocycles. The van der Waals surface area contributed by atoms with Gasteiger partial charge in [0.2, 0.25) is 11.8 Å². The first-order valence-electron chi connectivity index (χ1n) is 13.4. The molecule has 0 bridgehead atoms. The van der Waals surface area contributed by atoms with E-state index < -0.39 is 11.7 Å². The third kappa shape index (κ3) is 8.49. The quantitative estimate of drug-likeness (QED) is 0.304. The van der Waals surface area contributed by atoms with Crippen LogP contribution in [0.3, 0.4) is 0 Å². The summed E-state index contributed by atoms with van der Waals surface area (Å²) in [5.41, 5.74) is 2.63. The van der Waals surface area contributed by atoms with E-state index in [4.69, 9.17) is 4.74 Å². The van der Waals surface area contributed by atoms with Crippen LogP contribution in [0.25, 0.3) is 6.08 Å². The van der Waals surface area contributed by atoms with Crippen molar-refractivity contribution in [2.75, 3.05) is 36.1 Å². The first-order chi connectivity index (χ1) is 19.5. The fourth-order valence-corrected chi connectivity index (χ4v) is 4.69. The van der Waals surface area contributed by atoms with Crippen LogP contribution in [-0.2, 0) is 14.3 Å². The third-order valence-corrected chi connectivity index (χ3v) is 6.56. The Morgan fingerprint density at radius 3 is 2.15 bits per heavy atom. The number of ether oxygens (including phenoxy) is 1. The molecule has 0 spiro atoms. The topological polar surface area (TPSA) is 99.8 Å². The summed E-state index contributed by atoms with van der Waals surface area (Å²) in [6, 6.07) is 20.4. The van der Waals surface area contributed by atoms with Crippen LogP contribution < -0.4 is 16.0 Å². The van der Waals surface area contributed by atoms with Gasteiger partial charge in [-0.25, -0.2) is 9.18 Å². The van der Waals surface area contributed by atoms with Gasteiger partial charge >= 0.3 is 6.09 Å². The molecule has 3 amide bonds. The van der Waals surface area contributed by atoms with Gasteiger partial charge in [0.1, 0.15) is 11.4 Å². The average molecular weight is 559 g/mol. The maximum atomic E-state index is 13.2. The predicted molar refractivity (Wildman–Crippen MR) is 159 cm³/mol. The van der Waals surface area contributed by atoms with E-state index in [-0.39, 0.29) is 29.5 Å². The minimum Gasteiger partial charge on any atom is -0.444 e. The summed E-state index contributed by atoms with van der Waals surface area (Å²) >= 11 is 0. The normalized spacial score (nSPS) is 17.3. The Balaban J connectivity index is 1.37. The SMILES string of the molecule is CN1C[C@H](C(=O)Nc2ccc(F)cc2)[C@@H](c2ccc(/C=C/C(=O)Nc3ccccc3NC(=O)OC(C)(C)C)cc2)C1. The molecule has 4 rings (SSSR count). The van der Waals surface area contributed by atoms with E-state index in [1.165, 1.54) is 18.2 Å². The van der Waals surface area contributed by atoms with Gasteiger partial charge in [0.15, 0.2) is 0 Å². The zero-order valence-electron chi connectivity index (χ0n) is 23.6. The number of nitrogens with zero attached hydrogens (tertiary/aromatic N) is 1. The number of hydrogen-bond acceptors (Lipinski definition) is 5. The highest BCUT2D eigenvalue weighted by Crippen LogP contribution is 2.33. The lowest BCUT2D eigenvalue weighted by Crippen LogP contribution is -2.28. The van der Waals surface area contributed by atoms with Gasteiger partial charge < -0.3 is 20.3 Å². The fourth-order valence-electron chi connectivity index (χ4n) is 4.69. The molecule has 0 radical (unpaired) electrons. The lowest BCUT2D eigenvalue weighted by molar-refractivity contribution is -0.119. The summed E-state index contributed by atoms with van der Waals surface area (Å²) in [4.78, 5) is 40.0. The molecule has 2 atom stereocenters. The average Bonchev–Trinajstić information content (AvgIpc) is 3.31. The van der Waals surface area contributed by atoms with E-state index in [2.05, 4.69) is 20.9 Å². The van der Waals surface area contributed by atoms with E-state index in [0.29, 0.717) is 23.6 Å². The second-order valence-corrected chi connectivity index (χ2v) is 11.1. The first kappa shape index (κ1) is 29.5. The summed E-state index contributed by atoms with van der Waals surface area (Å²) in [6.07, 6.45) is 2.50. The van der Waals surface area contributed by atoms with Crippen molar-refractivity contribution in [3.05, 3.63) is 95.8 Å². The van der Waals surface area contributed by atoms with Crippen molar-refractivity contribution < 1.29 is 23.5 Å². The lowest BCUT2D eigenvalue weighted by Gasteiger charge is -2.20. The van der Waals surface area contributed by atoms with Crippen molar-refractivity contribution in [1.82, 2.24) is 4.90 Å². The highest BCUT2D eigenvalue weighted by Gasteiger charge is 2.37. The molecule has 9 heteroatoms. The number of rotatable bonds is 7. The van der Waals surface area contributed by atoms with Crippen LogP contribution in [0.5, 0.6) is 0 Å². The largest absolute Gasteiger partial charge is 0.444 e. The standard InChI is InChI=1S/C32H35FN4O4/c1-32(2,3)41-31(40)36-28-8-6-5-7-27(28)35-29(38)18-11-21-9-12-22(13-10-21)25-19-37(4)20-26(25)30(39)34-24-16-14-23(33)15-17-24/h5-18,25-26H,19-20H2,1-4H3,(H,34,39)(H,35,38)(H,36,40)/b18-11+/t25-,26+/m1/s1. The molecule has 214 valence electrons. The number of carbonyl (C=O) groups excluding carboxylic acids is 3. The van der Waals surface area contributed by atoms with Crippen LogP contribution in [0.1, 0.15) is 37.8 Å². The van der Waals surface area contributed by atoms with Gasteiger partial charge in [0, 0.05) is 30.8 Å². The number of anilines is 3. The molecule has 0 saturated carbocycles. The summed E-state index contributed by atoms with van der Waals surface area (Å²) in [5, 5.41) is 8.35. The van der Waals surface area contributed by atoms with E-state index >= 15 is 0 Å². The van der Waals surface area contributed by atoms with Crippen LogP contribution in [0.2, 0.25) is 0 Å². The molecule has 1 saturated heterocycles. The summed E-state index contributed by atoms with van der Waals surface area (Å²) in [6.45, 7) is 6.67. The summed E-state index contributed by atoms with van der Waals surface area (Å²) in [7, 11) is 1.98. The minimum absolute atomic E-state index is 0.00393. The van der Waals surface area contributed by atoms with Gasteiger partial charge in [0.25, 0.3) is 0 Å². The van der Waals surface area contributed by atoms with Crippen molar-refractivity contribution in [2.24, 2.45) is 5.92 Å². The maximum Gasteiger partial charge on any atom is 0.412 e. The summed E-state index contributed by atoms with van der Waals surface area (Å²) < 4.78 is 18.5. The highest BCUT2D eigenvalue weighted by atomic mass is 19.1. The number of carbonyl (C=O) groups is 3. The zero-order chi connectivity index (χ0) is 29.6. The molecular weight excluding hydrogens is 523 g/mol. The van der Waals surface area contributed by atoms with Gasteiger partial charge in [-0.2, -0.15) is 0 Å². The Labute approximate surface area is 239 Å². The molecule has 0 unspecified atom stereocenters. The van der Waals surface area contributed by atoms with Gasteiger partial charge in [0.05, 0.1) is 17.3 Å². The number of likely N-dealkylation sites (tertiary alicyclic amines) is 1. The smallest absolute Gasteiger partial charge is 0.412 e. The number of benzene rings is 3. The van der Waals surface area contributed by atoms with Crippen molar-refractivity contribution in [1.29, 1.82) is 0 Å². The molecule has 1 fully saturated rings. The van der Waals surface area contributed by atoms with Gasteiger partial charge in [-0.15, -0.1) is 0 Å². The Bertz CT molecular complexity index is 1410. The van der Waals surface area contributed by atoms with Gasteiger partial charge in [-0.3, -0.25) is 14.9 Å². The second kappa shape index (κ2) is 12.8. The monoisotopic (exact) mass is 558 g/mol. The fraction of sp³-hybridized carbons (Fsp3) is 0.281. The van der Waals surface area contributed by atoms with Crippen molar-refractivity contribution >= 4 is 41.0 Å². The van der Waals surface area contributed by atoms with Crippen molar-refractivity contribution in [2.45, 2.75) is 32.3 Å². The molecule has 1 aliphatic rings. The Kier molecular flexibility index (Phi) is 9.19. The van der Waals surface area contributed by atoms with Crippen molar-refractivity contribution in [3.8, 4) is 0 Å². The molecule has 0 aliphatic carbocycles. The number of halogens is 1. The number of likely N-dealkylation sites (N-methyl/N-ethyl adjacent to an activating group) is 1. The van der Waals surface area contributed by atoms with E-state index in [1.807, 2.05) is 31.3 Å². The Morgan fingerprint density at radius 1 is 0.878 bits per heavy atom. The Morgan fingerprint density at radius 2 is 1.51 bits per heavy atom. The molecular formula is C32H35FN4O4.